The fourth-order valence-electron chi connectivity index (χ4n) is 1.64. The molecular weight excluding hydrogens is 240 g/mol. The number of carbonyl (C=O) groups excluding carboxylic acids is 1. The zero-order valence-electron chi connectivity index (χ0n) is 11.1. The van der Waals surface area contributed by atoms with Crippen molar-refractivity contribution in [3.63, 3.8) is 0 Å². The Morgan fingerprint density at radius 1 is 0.947 bits per heavy atom. The lowest BCUT2D eigenvalue weighted by atomic mass is 10.1. The topological polar surface area (TPSA) is 35.5 Å². The number of benzene rings is 2. The molecule has 0 fully saturated rings. The van der Waals surface area contributed by atoms with Gasteiger partial charge in [0, 0.05) is 5.56 Å². The van der Waals surface area contributed by atoms with E-state index in [9.17, 15) is 4.79 Å². The van der Waals surface area contributed by atoms with Gasteiger partial charge in [-0.25, -0.2) is 0 Å². The van der Waals surface area contributed by atoms with Crippen molar-refractivity contribution in [2.45, 2.75) is 6.92 Å². The predicted octanol–water partition coefficient (Wildman–Crippen LogP) is 3.27. The number of aryl methyl sites for hydroxylation is 1. The number of carbonyl (C=O) groups is 1. The summed E-state index contributed by atoms with van der Waals surface area (Å²) in [6, 6.07) is 14.6. The zero-order valence-corrected chi connectivity index (χ0v) is 11.1. The largest absolute Gasteiger partial charge is 0.497 e. The molecule has 19 heavy (non-hydrogen) atoms. The Kier molecular flexibility index (Phi) is 4.18. The molecule has 2 aromatic carbocycles. The van der Waals surface area contributed by atoms with E-state index in [2.05, 4.69) is 0 Å². The lowest BCUT2D eigenvalue weighted by Gasteiger charge is -2.06. The van der Waals surface area contributed by atoms with E-state index in [4.69, 9.17) is 9.47 Å². The van der Waals surface area contributed by atoms with E-state index in [1.807, 2.05) is 31.2 Å². The Morgan fingerprint density at radius 2 is 1.53 bits per heavy atom. The maximum atomic E-state index is 11.9. The molecule has 0 aromatic heterocycles. The Hall–Kier alpha value is -2.29. The average Bonchev–Trinajstić information content (AvgIpc) is 2.46. The summed E-state index contributed by atoms with van der Waals surface area (Å²) in [4.78, 5) is 11.9. The summed E-state index contributed by atoms with van der Waals surface area (Å²) < 4.78 is 10.5. The van der Waals surface area contributed by atoms with Crippen LogP contribution in [0.2, 0.25) is 0 Å². The molecule has 3 heteroatoms. The summed E-state index contributed by atoms with van der Waals surface area (Å²) in [6.07, 6.45) is 0. The minimum atomic E-state index is -0.0526. The third kappa shape index (κ3) is 3.58. The van der Waals surface area contributed by atoms with Gasteiger partial charge < -0.3 is 9.47 Å². The van der Waals surface area contributed by atoms with Crippen LogP contribution in [0.5, 0.6) is 11.5 Å². The van der Waals surface area contributed by atoms with E-state index in [0.717, 1.165) is 11.3 Å². The van der Waals surface area contributed by atoms with Crippen LogP contribution in [-0.4, -0.2) is 19.5 Å². The first-order valence-electron chi connectivity index (χ1n) is 6.06. The van der Waals surface area contributed by atoms with E-state index in [-0.39, 0.29) is 12.4 Å². The molecule has 0 unspecified atom stereocenters. The maximum absolute atomic E-state index is 11.9. The quantitative estimate of drug-likeness (QED) is 0.770. The first kappa shape index (κ1) is 13.1. The molecule has 0 bridgehead atoms. The van der Waals surface area contributed by atoms with Crippen LogP contribution < -0.4 is 9.47 Å². The standard InChI is InChI=1S/C16H16O3/c1-12-3-7-15(8-4-12)19-11-16(17)13-5-9-14(18-2)10-6-13/h3-10H,11H2,1-2H3. The molecule has 0 saturated heterocycles. The molecule has 0 aliphatic heterocycles. The van der Waals surface area contributed by atoms with Gasteiger partial charge in [0.2, 0.25) is 0 Å². The summed E-state index contributed by atoms with van der Waals surface area (Å²) in [7, 11) is 1.59. The molecule has 98 valence electrons. The number of ether oxygens (including phenoxy) is 2. The summed E-state index contributed by atoms with van der Waals surface area (Å²) >= 11 is 0. The van der Waals surface area contributed by atoms with Crippen LogP contribution in [0.3, 0.4) is 0 Å². The minimum absolute atomic E-state index is 0.0371. The zero-order chi connectivity index (χ0) is 13.7. The summed E-state index contributed by atoms with van der Waals surface area (Å²) in [5, 5.41) is 0. The first-order chi connectivity index (χ1) is 9.19. The Morgan fingerprint density at radius 3 is 2.11 bits per heavy atom. The van der Waals surface area contributed by atoms with Crippen LogP contribution in [0.15, 0.2) is 48.5 Å². The monoisotopic (exact) mass is 256 g/mol. The summed E-state index contributed by atoms with van der Waals surface area (Å²) in [5.41, 5.74) is 1.78. The minimum Gasteiger partial charge on any atom is -0.497 e. The highest BCUT2D eigenvalue weighted by Gasteiger charge is 2.06. The molecule has 0 N–H and O–H groups in total. The van der Waals surface area contributed by atoms with Gasteiger partial charge >= 0.3 is 0 Å². The van der Waals surface area contributed by atoms with Crippen LogP contribution in [0.1, 0.15) is 15.9 Å². The highest BCUT2D eigenvalue weighted by Crippen LogP contribution is 2.14. The molecule has 0 saturated carbocycles. The molecule has 2 rings (SSSR count). The number of rotatable bonds is 5. The van der Waals surface area contributed by atoms with Crippen LogP contribution >= 0.6 is 0 Å². The Bertz CT molecular complexity index is 541. The van der Waals surface area contributed by atoms with Crippen LogP contribution in [0, 0.1) is 6.92 Å². The summed E-state index contributed by atoms with van der Waals surface area (Å²) in [5.74, 6) is 1.38. The third-order valence-electron chi connectivity index (χ3n) is 2.80. The van der Waals surface area contributed by atoms with E-state index >= 15 is 0 Å². The predicted molar refractivity (Wildman–Crippen MR) is 74.0 cm³/mol. The van der Waals surface area contributed by atoms with Gasteiger partial charge in [-0.2, -0.15) is 0 Å². The van der Waals surface area contributed by atoms with Gasteiger partial charge in [-0.15, -0.1) is 0 Å². The molecule has 0 spiro atoms. The molecule has 3 nitrogen and oxygen atoms in total. The molecule has 0 radical (unpaired) electrons. The number of hydrogen-bond donors (Lipinski definition) is 0. The highest BCUT2D eigenvalue weighted by molar-refractivity contribution is 5.97. The van der Waals surface area contributed by atoms with Crippen molar-refractivity contribution < 1.29 is 14.3 Å². The normalized spacial score (nSPS) is 10.0. The van der Waals surface area contributed by atoms with Gasteiger partial charge in [0.1, 0.15) is 11.5 Å². The molecule has 0 aliphatic rings. The molecule has 0 aliphatic carbocycles. The van der Waals surface area contributed by atoms with E-state index in [1.165, 1.54) is 0 Å². The van der Waals surface area contributed by atoms with Crippen molar-refractivity contribution in [3.05, 3.63) is 59.7 Å². The van der Waals surface area contributed by atoms with Gasteiger partial charge in [-0.3, -0.25) is 4.79 Å². The molecule has 0 atom stereocenters. The van der Waals surface area contributed by atoms with Gasteiger partial charge in [-0.05, 0) is 43.3 Å². The van der Waals surface area contributed by atoms with Gasteiger partial charge in [0.15, 0.2) is 12.4 Å². The molecular formula is C16H16O3. The smallest absolute Gasteiger partial charge is 0.200 e. The number of hydrogen-bond acceptors (Lipinski definition) is 3. The van der Waals surface area contributed by atoms with E-state index in [1.54, 1.807) is 31.4 Å². The number of ketones is 1. The number of methoxy groups -OCH3 is 1. The van der Waals surface area contributed by atoms with Crippen molar-refractivity contribution in [1.82, 2.24) is 0 Å². The first-order valence-corrected chi connectivity index (χ1v) is 6.06. The van der Waals surface area contributed by atoms with Gasteiger partial charge in [0.05, 0.1) is 7.11 Å². The maximum Gasteiger partial charge on any atom is 0.200 e. The van der Waals surface area contributed by atoms with Gasteiger partial charge in [-0.1, -0.05) is 17.7 Å². The molecule has 2 aromatic rings. The van der Waals surface area contributed by atoms with Crippen molar-refractivity contribution in [2.75, 3.05) is 13.7 Å². The van der Waals surface area contributed by atoms with Crippen LogP contribution in [0.25, 0.3) is 0 Å². The fourth-order valence-corrected chi connectivity index (χ4v) is 1.64. The Balaban J connectivity index is 1.95. The summed E-state index contributed by atoms with van der Waals surface area (Å²) in [6.45, 7) is 2.04. The SMILES string of the molecule is COc1ccc(C(=O)COc2ccc(C)cc2)cc1. The fraction of sp³-hybridized carbons (Fsp3) is 0.188. The van der Waals surface area contributed by atoms with Crippen molar-refractivity contribution in [2.24, 2.45) is 0 Å². The van der Waals surface area contributed by atoms with Crippen LogP contribution in [0.4, 0.5) is 0 Å². The number of Topliss-reactive ketones (excluding diaryl/α,β-unsaturated/α-hetero) is 1. The van der Waals surface area contributed by atoms with Crippen molar-refractivity contribution >= 4 is 5.78 Å². The second kappa shape index (κ2) is 6.05. The molecule has 0 amide bonds. The second-order valence-electron chi connectivity index (χ2n) is 4.25. The Labute approximate surface area is 112 Å². The van der Waals surface area contributed by atoms with Crippen molar-refractivity contribution in [1.29, 1.82) is 0 Å². The highest BCUT2D eigenvalue weighted by atomic mass is 16.5. The lowest BCUT2D eigenvalue weighted by Crippen LogP contribution is -2.11. The van der Waals surface area contributed by atoms with Gasteiger partial charge in [0.25, 0.3) is 0 Å². The van der Waals surface area contributed by atoms with E-state index < -0.39 is 0 Å². The second-order valence-corrected chi connectivity index (χ2v) is 4.25. The third-order valence-corrected chi connectivity index (χ3v) is 2.80. The van der Waals surface area contributed by atoms with E-state index in [0.29, 0.717) is 11.3 Å². The average molecular weight is 256 g/mol. The lowest BCUT2D eigenvalue weighted by molar-refractivity contribution is 0.0921. The molecule has 0 heterocycles. The van der Waals surface area contributed by atoms with Crippen LogP contribution in [-0.2, 0) is 0 Å². The van der Waals surface area contributed by atoms with Crippen molar-refractivity contribution in [3.8, 4) is 11.5 Å².